The van der Waals surface area contributed by atoms with Gasteiger partial charge in [0.2, 0.25) is 5.91 Å². The van der Waals surface area contributed by atoms with Gasteiger partial charge in [0.1, 0.15) is 5.75 Å². The lowest BCUT2D eigenvalue weighted by molar-refractivity contribution is -0.127. The Morgan fingerprint density at radius 3 is 2.88 bits per heavy atom. The van der Waals surface area contributed by atoms with Gasteiger partial charge in [0.05, 0.1) is 18.7 Å². The summed E-state index contributed by atoms with van der Waals surface area (Å²) in [7, 11) is 4.03. The highest BCUT2D eigenvalue weighted by Crippen LogP contribution is 2.27. The number of nitrogens with one attached hydrogen (secondary N) is 2. The molecule has 176 valence electrons. The van der Waals surface area contributed by atoms with Crippen LogP contribution >= 0.6 is 0 Å². The standard InChI is InChI=1S/C26H35N5O2/c1-19-8-9-23(14-28-19)33-18-20-12-21(26(32)27-10-11-30(2)3)16-31(15-20)17-22-13-29-25-7-5-4-6-24(22)25/h4-9,13-14,20-21,29H,10-12,15-18H2,1-3H3,(H,27,32)/t20-,21+/m0/s1. The number of hydrogen-bond acceptors (Lipinski definition) is 5. The molecule has 1 aromatic carbocycles. The summed E-state index contributed by atoms with van der Waals surface area (Å²) in [5, 5.41) is 4.37. The summed E-state index contributed by atoms with van der Waals surface area (Å²) in [6, 6.07) is 12.3. The fourth-order valence-corrected chi connectivity index (χ4v) is 4.55. The number of hydrogen-bond donors (Lipinski definition) is 2. The number of likely N-dealkylation sites (tertiary alicyclic amines) is 1. The molecule has 1 fully saturated rings. The van der Waals surface area contributed by atoms with Crippen LogP contribution in [0, 0.1) is 18.8 Å². The molecular formula is C26H35N5O2. The molecule has 2 N–H and O–H groups in total. The molecular weight excluding hydrogens is 414 g/mol. The zero-order valence-electron chi connectivity index (χ0n) is 19.9. The molecule has 2 atom stereocenters. The zero-order valence-corrected chi connectivity index (χ0v) is 19.9. The fourth-order valence-electron chi connectivity index (χ4n) is 4.55. The first-order valence-corrected chi connectivity index (χ1v) is 11.7. The van der Waals surface area contributed by atoms with E-state index in [0.29, 0.717) is 13.2 Å². The Morgan fingerprint density at radius 1 is 1.24 bits per heavy atom. The van der Waals surface area contributed by atoms with Crippen molar-refractivity contribution < 1.29 is 9.53 Å². The summed E-state index contributed by atoms with van der Waals surface area (Å²) >= 11 is 0. The van der Waals surface area contributed by atoms with E-state index < -0.39 is 0 Å². The van der Waals surface area contributed by atoms with E-state index in [1.807, 2.05) is 39.2 Å². The average Bonchev–Trinajstić information content (AvgIpc) is 3.21. The summed E-state index contributed by atoms with van der Waals surface area (Å²) in [6.07, 6.45) is 4.69. The number of rotatable bonds is 9. The molecule has 2 aromatic heterocycles. The highest BCUT2D eigenvalue weighted by atomic mass is 16.5. The second-order valence-electron chi connectivity index (χ2n) is 9.39. The molecule has 0 aliphatic carbocycles. The molecule has 0 spiro atoms. The van der Waals surface area contributed by atoms with Crippen LogP contribution in [0.2, 0.25) is 0 Å². The largest absolute Gasteiger partial charge is 0.492 e. The Hall–Kier alpha value is -2.90. The van der Waals surface area contributed by atoms with E-state index in [1.165, 1.54) is 10.9 Å². The summed E-state index contributed by atoms with van der Waals surface area (Å²) in [5.41, 5.74) is 3.38. The predicted octanol–water partition coefficient (Wildman–Crippen LogP) is 3.07. The number of amides is 1. The third-order valence-corrected chi connectivity index (χ3v) is 6.28. The van der Waals surface area contributed by atoms with Crippen LogP contribution in [0.1, 0.15) is 17.7 Å². The number of benzene rings is 1. The molecule has 7 nitrogen and oxygen atoms in total. The van der Waals surface area contributed by atoms with Crippen LogP contribution in [-0.2, 0) is 11.3 Å². The summed E-state index contributed by atoms with van der Waals surface area (Å²) in [4.78, 5) is 25.2. The summed E-state index contributed by atoms with van der Waals surface area (Å²) in [6.45, 7) is 6.53. The minimum absolute atomic E-state index is 0.0455. The number of fused-ring (bicyclic) bond motifs is 1. The third kappa shape index (κ3) is 6.33. The molecule has 0 bridgehead atoms. The first-order valence-electron chi connectivity index (χ1n) is 11.7. The topological polar surface area (TPSA) is 73.5 Å². The lowest BCUT2D eigenvalue weighted by atomic mass is 9.88. The molecule has 1 saturated heterocycles. The molecule has 1 aliphatic rings. The first kappa shape index (κ1) is 23.3. The number of nitrogens with zero attached hydrogens (tertiary/aromatic N) is 3. The number of carbonyl (C=O) groups is 1. The van der Waals surface area contributed by atoms with Crippen molar-refractivity contribution in [1.29, 1.82) is 0 Å². The van der Waals surface area contributed by atoms with E-state index >= 15 is 0 Å². The summed E-state index contributed by atoms with van der Waals surface area (Å²) < 4.78 is 6.06. The summed E-state index contributed by atoms with van der Waals surface area (Å²) in [5.74, 6) is 1.15. The van der Waals surface area contributed by atoms with Crippen LogP contribution in [0.5, 0.6) is 5.75 Å². The number of carbonyl (C=O) groups excluding carboxylic acids is 1. The minimum atomic E-state index is -0.0455. The first-order chi connectivity index (χ1) is 16.0. The number of piperidine rings is 1. The Labute approximate surface area is 196 Å². The average molecular weight is 450 g/mol. The van der Waals surface area contributed by atoms with Crippen molar-refractivity contribution >= 4 is 16.8 Å². The van der Waals surface area contributed by atoms with Crippen molar-refractivity contribution in [3.63, 3.8) is 0 Å². The smallest absolute Gasteiger partial charge is 0.224 e. The highest BCUT2D eigenvalue weighted by molar-refractivity contribution is 5.83. The van der Waals surface area contributed by atoms with E-state index in [-0.39, 0.29) is 17.7 Å². The van der Waals surface area contributed by atoms with Gasteiger partial charge in [-0.1, -0.05) is 18.2 Å². The Kier molecular flexibility index (Phi) is 7.62. The van der Waals surface area contributed by atoms with Crippen molar-refractivity contribution in [3.05, 3.63) is 60.0 Å². The van der Waals surface area contributed by atoms with Crippen LogP contribution in [0.25, 0.3) is 10.9 Å². The molecule has 3 heterocycles. The Balaban J connectivity index is 1.43. The Bertz CT molecular complexity index is 1050. The van der Waals surface area contributed by atoms with Gasteiger partial charge in [-0.05, 0) is 51.2 Å². The second-order valence-corrected chi connectivity index (χ2v) is 9.39. The monoisotopic (exact) mass is 449 g/mol. The Morgan fingerprint density at radius 2 is 2.09 bits per heavy atom. The number of aryl methyl sites for hydroxylation is 1. The fraction of sp³-hybridized carbons (Fsp3) is 0.462. The normalized spacial score (nSPS) is 19.2. The van der Waals surface area contributed by atoms with Crippen LogP contribution in [0.15, 0.2) is 48.8 Å². The number of aromatic amines is 1. The predicted molar refractivity (Wildman–Crippen MR) is 131 cm³/mol. The van der Waals surface area contributed by atoms with Gasteiger partial charge in [0, 0.05) is 61.4 Å². The SMILES string of the molecule is Cc1ccc(OC[C@H]2C[C@@H](C(=O)NCCN(C)C)CN(Cc3c[nH]c4ccccc34)C2)cn1. The van der Waals surface area contributed by atoms with E-state index in [9.17, 15) is 4.79 Å². The molecule has 3 aromatic rings. The van der Waals surface area contributed by atoms with Crippen molar-refractivity contribution in [3.8, 4) is 5.75 Å². The van der Waals surface area contributed by atoms with Gasteiger partial charge >= 0.3 is 0 Å². The maximum absolute atomic E-state index is 13.0. The maximum atomic E-state index is 13.0. The van der Waals surface area contributed by atoms with E-state index in [2.05, 4.69) is 49.5 Å². The molecule has 1 aliphatic heterocycles. The van der Waals surface area contributed by atoms with E-state index in [0.717, 1.165) is 49.6 Å². The van der Waals surface area contributed by atoms with Crippen molar-refractivity contribution in [2.45, 2.75) is 19.9 Å². The van der Waals surface area contributed by atoms with Crippen molar-refractivity contribution in [1.82, 2.24) is 25.1 Å². The van der Waals surface area contributed by atoms with E-state index in [4.69, 9.17) is 4.74 Å². The van der Waals surface area contributed by atoms with Crippen LogP contribution in [0.4, 0.5) is 0 Å². The molecule has 1 amide bonds. The molecule has 33 heavy (non-hydrogen) atoms. The van der Waals surface area contributed by atoms with Gasteiger partial charge in [-0.2, -0.15) is 0 Å². The molecule has 0 saturated carbocycles. The quantitative estimate of drug-likeness (QED) is 0.525. The van der Waals surface area contributed by atoms with Crippen molar-refractivity contribution in [2.75, 3.05) is 46.9 Å². The number of H-pyrrole nitrogens is 1. The zero-order chi connectivity index (χ0) is 23.2. The maximum Gasteiger partial charge on any atom is 0.224 e. The van der Waals surface area contributed by atoms with Gasteiger partial charge in [-0.3, -0.25) is 14.7 Å². The molecule has 7 heteroatoms. The molecule has 4 rings (SSSR count). The second kappa shape index (κ2) is 10.8. The van der Waals surface area contributed by atoms with Gasteiger partial charge < -0.3 is 19.9 Å². The van der Waals surface area contributed by atoms with Gasteiger partial charge in [0.25, 0.3) is 0 Å². The van der Waals surface area contributed by atoms with Gasteiger partial charge in [-0.25, -0.2) is 0 Å². The van der Waals surface area contributed by atoms with E-state index in [1.54, 1.807) is 6.20 Å². The third-order valence-electron chi connectivity index (χ3n) is 6.28. The van der Waals surface area contributed by atoms with Gasteiger partial charge in [-0.15, -0.1) is 0 Å². The minimum Gasteiger partial charge on any atom is -0.492 e. The molecule has 0 radical (unpaired) electrons. The number of pyridine rings is 1. The lowest BCUT2D eigenvalue weighted by Gasteiger charge is -2.37. The van der Waals surface area contributed by atoms with Crippen LogP contribution in [0.3, 0.4) is 0 Å². The van der Waals surface area contributed by atoms with Gasteiger partial charge in [0.15, 0.2) is 0 Å². The number of aromatic nitrogens is 2. The molecule has 0 unspecified atom stereocenters. The van der Waals surface area contributed by atoms with Crippen LogP contribution in [-0.4, -0.2) is 72.6 Å². The number of ether oxygens (including phenoxy) is 1. The number of para-hydroxylation sites is 1. The highest BCUT2D eigenvalue weighted by Gasteiger charge is 2.32. The lowest BCUT2D eigenvalue weighted by Crippen LogP contribution is -2.48. The van der Waals surface area contributed by atoms with Crippen molar-refractivity contribution in [2.24, 2.45) is 11.8 Å². The number of likely N-dealkylation sites (N-methyl/N-ethyl adjacent to an activating group) is 1. The van der Waals surface area contributed by atoms with Crippen LogP contribution < -0.4 is 10.1 Å².